The topological polar surface area (TPSA) is 54.5 Å². The highest BCUT2D eigenvalue weighted by Gasteiger charge is 2.10. The number of hydrogen-bond donors (Lipinski definition) is 1. The number of benzene rings is 1. The van der Waals surface area contributed by atoms with Gasteiger partial charge in [-0.3, -0.25) is 5.32 Å². The Morgan fingerprint density at radius 3 is 3.05 bits per heavy atom. The second-order valence-electron chi connectivity index (χ2n) is 3.98. The molecule has 5 nitrogen and oxygen atoms in total. The lowest BCUT2D eigenvalue weighted by Gasteiger charge is -2.17. The Hall–Kier alpha value is -2.08. The van der Waals surface area contributed by atoms with Crippen molar-refractivity contribution < 1.29 is 9.53 Å². The molecule has 0 bridgehead atoms. The van der Waals surface area contributed by atoms with Gasteiger partial charge in [0.05, 0.1) is 7.11 Å². The van der Waals surface area contributed by atoms with Gasteiger partial charge in [-0.25, -0.2) is 9.78 Å². The van der Waals surface area contributed by atoms with Crippen LogP contribution in [0.2, 0.25) is 0 Å². The van der Waals surface area contributed by atoms with E-state index in [-0.39, 0.29) is 6.03 Å². The van der Waals surface area contributed by atoms with Crippen molar-refractivity contribution in [1.82, 2.24) is 9.88 Å². The first-order chi connectivity index (χ1) is 9.19. The van der Waals surface area contributed by atoms with Crippen molar-refractivity contribution >= 4 is 22.5 Å². The van der Waals surface area contributed by atoms with Crippen molar-refractivity contribution in [2.45, 2.75) is 6.54 Å². The summed E-state index contributed by atoms with van der Waals surface area (Å²) < 4.78 is 5.15. The maximum absolute atomic E-state index is 11.9. The van der Waals surface area contributed by atoms with Crippen LogP contribution in [0.1, 0.15) is 5.56 Å². The number of carbonyl (C=O) groups is 1. The molecule has 0 radical (unpaired) electrons. The highest BCUT2D eigenvalue weighted by atomic mass is 32.1. The van der Waals surface area contributed by atoms with E-state index in [2.05, 4.69) is 10.3 Å². The van der Waals surface area contributed by atoms with Crippen LogP contribution in [0.15, 0.2) is 35.8 Å². The zero-order valence-corrected chi connectivity index (χ0v) is 11.6. The number of nitrogens with one attached hydrogen (secondary N) is 1. The van der Waals surface area contributed by atoms with Gasteiger partial charge in [-0.1, -0.05) is 12.1 Å². The fourth-order valence-corrected chi connectivity index (χ4v) is 2.11. The molecule has 100 valence electrons. The fraction of sp³-hybridized carbons (Fsp3) is 0.231. The van der Waals surface area contributed by atoms with Crippen molar-refractivity contribution in [3.8, 4) is 5.75 Å². The maximum Gasteiger partial charge on any atom is 0.323 e. The molecule has 0 aliphatic heterocycles. The Bertz CT molecular complexity index is 543. The number of methoxy groups -OCH3 is 1. The first kappa shape index (κ1) is 13.4. The number of carbonyl (C=O) groups excluding carboxylic acids is 1. The molecule has 2 aromatic rings. The van der Waals surface area contributed by atoms with E-state index < -0.39 is 0 Å². The Labute approximate surface area is 115 Å². The van der Waals surface area contributed by atoms with Gasteiger partial charge in [0.2, 0.25) is 0 Å². The van der Waals surface area contributed by atoms with E-state index >= 15 is 0 Å². The quantitative estimate of drug-likeness (QED) is 0.935. The average molecular weight is 277 g/mol. The minimum Gasteiger partial charge on any atom is -0.497 e. The number of thiazole rings is 1. The largest absolute Gasteiger partial charge is 0.497 e. The van der Waals surface area contributed by atoms with Crippen LogP contribution in [-0.4, -0.2) is 30.1 Å². The van der Waals surface area contributed by atoms with E-state index in [0.29, 0.717) is 11.7 Å². The van der Waals surface area contributed by atoms with Crippen LogP contribution in [0.4, 0.5) is 9.93 Å². The second kappa shape index (κ2) is 6.19. The molecule has 0 saturated carbocycles. The minimum absolute atomic E-state index is 0.183. The van der Waals surface area contributed by atoms with Crippen molar-refractivity contribution in [3.63, 3.8) is 0 Å². The van der Waals surface area contributed by atoms with Gasteiger partial charge in [0.1, 0.15) is 5.75 Å². The van der Waals surface area contributed by atoms with E-state index in [9.17, 15) is 4.79 Å². The molecule has 0 aliphatic rings. The smallest absolute Gasteiger partial charge is 0.323 e. The predicted octanol–water partition coefficient (Wildman–Crippen LogP) is 2.82. The van der Waals surface area contributed by atoms with Crippen LogP contribution in [-0.2, 0) is 6.54 Å². The van der Waals surface area contributed by atoms with Crippen LogP contribution < -0.4 is 10.1 Å². The summed E-state index contributed by atoms with van der Waals surface area (Å²) in [6, 6.07) is 7.46. The van der Waals surface area contributed by atoms with Crippen molar-refractivity contribution in [1.29, 1.82) is 0 Å². The molecule has 19 heavy (non-hydrogen) atoms. The molecular weight excluding hydrogens is 262 g/mol. The van der Waals surface area contributed by atoms with Gasteiger partial charge in [-0.05, 0) is 17.7 Å². The van der Waals surface area contributed by atoms with Crippen molar-refractivity contribution in [2.24, 2.45) is 0 Å². The van der Waals surface area contributed by atoms with Crippen LogP contribution in [0, 0.1) is 0 Å². The molecule has 0 unspecified atom stereocenters. The van der Waals surface area contributed by atoms with E-state index in [1.54, 1.807) is 25.3 Å². The number of ether oxygens (including phenoxy) is 1. The van der Waals surface area contributed by atoms with Crippen LogP contribution in [0.5, 0.6) is 5.75 Å². The number of hydrogen-bond acceptors (Lipinski definition) is 4. The zero-order valence-electron chi connectivity index (χ0n) is 10.8. The predicted molar refractivity (Wildman–Crippen MR) is 75.6 cm³/mol. The third kappa shape index (κ3) is 3.69. The third-order valence-electron chi connectivity index (χ3n) is 2.55. The number of rotatable bonds is 4. The number of nitrogens with zero attached hydrogens (tertiary/aromatic N) is 2. The van der Waals surface area contributed by atoms with Gasteiger partial charge in [-0.15, -0.1) is 11.3 Å². The number of aromatic nitrogens is 1. The molecule has 1 heterocycles. The standard InChI is InChI=1S/C13H15N3O2S/c1-16(13(17)15-12-14-6-7-19-12)9-10-4-3-5-11(8-10)18-2/h3-8H,9H2,1-2H3,(H,14,15,17). The third-order valence-corrected chi connectivity index (χ3v) is 3.24. The summed E-state index contributed by atoms with van der Waals surface area (Å²) in [7, 11) is 3.36. The normalized spacial score (nSPS) is 10.0. The fourth-order valence-electron chi connectivity index (χ4n) is 1.59. The summed E-state index contributed by atoms with van der Waals surface area (Å²) in [5, 5.41) is 5.15. The van der Waals surface area contributed by atoms with Gasteiger partial charge >= 0.3 is 6.03 Å². The Kier molecular flexibility index (Phi) is 4.35. The molecule has 6 heteroatoms. The highest BCUT2D eigenvalue weighted by Crippen LogP contribution is 2.15. The Morgan fingerprint density at radius 1 is 1.53 bits per heavy atom. The molecule has 1 aromatic heterocycles. The number of amides is 2. The SMILES string of the molecule is COc1cccc(CN(C)C(=O)Nc2nccs2)c1. The monoisotopic (exact) mass is 277 g/mol. The molecule has 1 N–H and O–H groups in total. The lowest BCUT2D eigenvalue weighted by Crippen LogP contribution is -2.30. The zero-order chi connectivity index (χ0) is 13.7. The Morgan fingerprint density at radius 2 is 2.37 bits per heavy atom. The van der Waals surface area contributed by atoms with Gasteiger partial charge in [-0.2, -0.15) is 0 Å². The molecule has 0 atom stereocenters. The van der Waals surface area contributed by atoms with E-state index in [0.717, 1.165) is 11.3 Å². The molecular formula is C13H15N3O2S. The summed E-state index contributed by atoms with van der Waals surface area (Å²) in [6.45, 7) is 0.508. The van der Waals surface area contributed by atoms with Gasteiger partial charge < -0.3 is 9.64 Å². The molecule has 0 aliphatic carbocycles. The summed E-state index contributed by atoms with van der Waals surface area (Å²) in [5.41, 5.74) is 1.01. The van der Waals surface area contributed by atoms with Crippen LogP contribution in [0.25, 0.3) is 0 Å². The van der Waals surface area contributed by atoms with E-state index in [1.807, 2.05) is 29.6 Å². The number of urea groups is 1. The van der Waals surface area contributed by atoms with Crippen LogP contribution in [0.3, 0.4) is 0 Å². The Balaban J connectivity index is 1.96. The maximum atomic E-state index is 11.9. The lowest BCUT2D eigenvalue weighted by atomic mass is 10.2. The molecule has 0 spiro atoms. The molecule has 0 saturated heterocycles. The first-order valence-corrected chi connectivity index (χ1v) is 6.61. The van der Waals surface area contributed by atoms with E-state index in [4.69, 9.17) is 4.74 Å². The van der Waals surface area contributed by atoms with Crippen molar-refractivity contribution in [2.75, 3.05) is 19.5 Å². The molecule has 1 aromatic carbocycles. The average Bonchev–Trinajstić information content (AvgIpc) is 2.91. The molecule has 2 amide bonds. The highest BCUT2D eigenvalue weighted by molar-refractivity contribution is 7.13. The minimum atomic E-state index is -0.183. The summed E-state index contributed by atoms with van der Waals surface area (Å²) >= 11 is 1.39. The van der Waals surface area contributed by atoms with Crippen LogP contribution >= 0.6 is 11.3 Å². The lowest BCUT2D eigenvalue weighted by molar-refractivity contribution is 0.220. The summed E-state index contributed by atoms with van der Waals surface area (Å²) in [4.78, 5) is 17.5. The molecule has 2 rings (SSSR count). The van der Waals surface area contributed by atoms with Gasteiger partial charge in [0, 0.05) is 25.2 Å². The van der Waals surface area contributed by atoms with Gasteiger partial charge in [0.25, 0.3) is 0 Å². The second-order valence-corrected chi connectivity index (χ2v) is 4.87. The van der Waals surface area contributed by atoms with Crippen molar-refractivity contribution in [3.05, 3.63) is 41.4 Å². The first-order valence-electron chi connectivity index (χ1n) is 5.73. The summed E-state index contributed by atoms with van der Waals surface area (Å²) in [5.74, 6) is 0.784. The summed E-state index contributed by atoms with van der Waals surface area (Å²) in [6.07, 6.45) is 1.66. The number of anilines is 1. The molecule has 0 fully saturated rings. The van der Waals surface area contributed by atoms with E-state index in [1.165, 1.54) is 11.3 Å². The van der Waals surface area contributed by atoms with Gasteiger partial charge in [0.15, 0.2) is 5.13 Å².